The minimum Gasteiger partial charge on any atom is -0.494 e. The number of nitrogens with zero attached hydrogens (tertiary/aromatic N) is 3. The van der Waals surface area contributed by atoms with Crippen LogP contribution in [0, 0.1) is 5.92 Å². The van der Waals surface area contributed by atoms with Crippen LogP contribution in [0.2, 0.25) is 0 Å². The van der Waals surface area contributed by atoms with Gasteiger partial charge in [0.15, 0.2) is 5.82 Å². The van der Waals surface area contributed by atoms with E-state index in [1.165, 1.54) is 57.8 Å². The number of unbranched alkanes of at least 4 members (excludes halogenated alkanes) is 7. The topological polar surface area (TPSA) is 57.1 Å². The molecule has 0 unspecified atom stereocenters. The van der Waals surface area contributed by atoms with Crippen molar-refractivity contribution in [3.05, 3.63) is 55.0 Å². The number of ether oxygens (including phenoxy) is 2. The molecule has 0 saturated carbocycles. The fourth-order valence-corrected chi connectivity index (χ4v) is 4.19. The number of hydrogen-bond acceptors (Lipinski definition) is 5. The third-order valence-electron chi connectivity index (χ3n) is 6.89. The largest absolute Gasteiger partial charge is 0.494 e. The van der Waals surface area contributed by atoms with E-state index in [0.29, 0.717) is 18.3 Å². The van der Waals surface area contributed by atoms with Crippen molar-refractivity contribution in [1.29, 1.82) is 0 Å². The molecule has 0 spiro atoms. The van der Waals surface area contributed by atoms with Crippen LogP contribution in [0.5, 0.6) is 11.6 Å². The molecule has 2 aromatic heterocycles. The lowest BCUT2D eigenvalue weighted by Crippen LogP contribution is -1.99. The molecule has 0 radical (unpaired) electrons. The SMILES string of the molecule is CCCCCCCCOc1ccc(-c2ncc(-c3ccc(OCCCCC[C@@H](C)CC)cc3)cn2)cn1. The lowest BCUT2D eigenvalue weighted by molar-refractivity contribution is 0.293. The van der Waals surface area contributed by atoms with Crippen molar-refractivity contribution in [2.24, 2.45) is 5.92 Å². The molecule has 1 atom stereocenters. The predicted octanol–water partition coefficient (Wildman–Crippen LogP) is 8.93. The van der Waals surface area contributed by atoms with E-state index < -0.39 is 0 Å². The molecule has 0 saturated heterocycles. The second kappa shape index (κ2) is 16.7. The van der Waals surface area contributed by atoms with E-state index in [0.717, 1.165) is 47.8 Å². The number of hydrogen-bond donors (Lipinski definition) is 0. The van der Waals surface area contributed by atoms with Gasteiger partial charge in [0.2, 0.25) is 5.88 Å². The van der Waals surface area contributed by atoms with Gasteiger partial charge in [-0.05, 0) is 42.5 Å². The van der Waals surface area contributed by atoms with Gasteiger partial charge in [-0.1, -0.05) is 90.7 Å². The lowest BCUT2D eigenvalue weighted by Gasteiger charge is -2.09. The van der Waals surface area contributed by atoms with Gasteiger partial charge >= 0.3 is 0 Å². The summed E-state index contributed by atoms with van der Waals surface area (Å²) in [7, 11) is 0. The van der Waals surface area contributed by atoms with E-state index in [2.05, 4.69) is 47.9 Å². The van der Waals surface area contributed by atoms with Crippen LogP contribution in [0.1, 0.15) is 91.4 Å². The van der Waals surface area contributed by atoms with E-state index in [1.807, 2.05) is 36.7 Å². The van der Waals surface area contributed by atoms with Gasteiger partial charge in [0.05, 0.1) is 13.2 Å². The van der Waals surface area contributed by atoms with Gasteiger partial charge in [0.1, 0.15) is 5.75 Å². The first-order chi connectivity index (χ1) is 18.2. The molecule has 3 rings (SSSR count). The van der Waals surface area contributed by atoms with Crippen LogP contribution in [-0.2, 0) is 0 Å². The first-order valence-corrected chi connectivity index (χ1v) is 14.3. The van der Waals surface area contributed by atoms with Crippen LogP contribution in [0.4, 0.5) is 0 Å². The van der Waals surface area contributed by atoms with Crippen LogP contribution in [0.25, 0.3) is 22.5 Å². The molecule has 0 bridgehead atoms. The summed E-state index contributed by atoms with van der Waals surface area (Å²) in [4.78, 5) is 13.6. The summed E-state index contributed by atoms with van der Waals surface area (Å²) in [5.74, 6) is 3.06. The minimum atomic E-state index is 0.655. The first kappa shape index (κ1) is 28.6. The zero-order valence-electron chi connectivity index (χ0n) is 23.1. The molecular formula is C32H45N3O2. The van der Waals surface area contributed by atoms with Crippen LogP contribution in [0.15, 0.2) is 55.0 Å². The summed E-state index contributed by atoms with van der Waals surface area (Å²) in [6, 6.07) is 12.0. The number of aromatic nitrogens is 3. The Balaban J connectivity index is 1.41. The van der Waals surface area contributed by atoms with Crippen LogP contribution < -0.4 is 9.47 Å². The quantitative estimate of drug-likeness (QED) is 0.162. The van der Waals surface area contributed by atoms with Crippen molar-refractivity contribution >= 4 is 0 Å². The van der Waals surface area contributed by atoms with E-state index in [9.17, 15) is 0 Å². The third kappa shape index (κ3) is 10.5. The zero-order valence-corrected chi connectivity index (χ0v) is 23.1. The van der Waals surface area contributed by atoms with Gasteiger partial charge in [-0.3, -0.25) is 0 Å². The Bertz CT molecular complexity index is 988. The highest BCUT2D eigenvalue weighted by Gasteiger charge is 2.06. The lowest BCUT2D eigenvalue weighted by atomic mass is 10.0. The Morgan fingerprint density at radius 3 is 1.92 bits per heavy atom. The Kier molecular flexibility index (Phi) is 12.9. The molecule has 0 amide bonds. The van der Waals surface area contributed by atoms with Crippen LogP contribution in [-0.4, -0.2) is 28.2 Å². The molecule has 0 aliphatic carbocycles. The first-order valence-electron chi connectivity index (χ1n) is 14.3. The Morgan fingerprint density at radius 2 is 1.24 bits per heavy atom. The van der Waals surface area contributed by atoms with E-state index in [1.54, 1.807) is 6.20 Å². The number of pyridine rings is 1. The van der Waals surface area contributed by atoms with E-state index in [-0.39, 0.29) is 0 Å². The average Bonchev–Trinajstić information content (AvgIpc) is 2.95. The molecule has 5 heteroatoms. The number of rotatable bonds is 18. The van der Waals surface area contributed by atoms with Crippen molar-refractivity contribution in [2.75, 3.05) is 13.2 Å². The molecule has 200 valence electrons. The second-order valence-electron chi connectivity index (χ2n) is 10.0. The summed E-state index contributed by atoms with van der Waals surface area (Å²) < 4.78 is 11.7. The van der Waals surface area contributed by atoms with Crippen LogP contribution >= 0.6 is 0 Å². The molecule has 0 aliphatic heterocycles. The highest BCUT2D eigenvalue weighted by Crippen LogP contribution is 2.24. The molecular weight excluding hydrogens is 458 g/mol. The maximum atomic E-state index is 5.92. The molecule has 37 heavy (non-hydrogen) atoms. The standard InChI is InChI=1S/C32H45N3O2/c1-4-6-7-8-9-12-22-37-31-20-17-28(23-33-31)32-34-24-29(25-35-32)27-15-18-30(19-16-27)36-21-13-10-11-14-26(3)5-2/h15-20,23-26H,4-14,21-22H2,1-3H3/t26-/m0/s1. The average molecular weight is 504 g/mol. The van der Waals surface area contributed by atoms with Gasteiger partial charge in [-0.15, -0.1) is 0 Å². The second-order valence-corrected chi connectivity index (χ2v) is 10.0. The predicted molar refractivity (Wildman–Crippen MR) is 153 cm³/mol. The van der Waals surface area contributed by atoms with Crippen molar-refractivity contribution in [1.82, 2.24) is 15.0 Å². The van der Waals surface area contributed by atoms with Gasteiger partial charge in [0.25, 0.3) is 0 Å². The monoisotopic (exact) mass is 503 g/mol. The van der Waals surface area contributed by atoms with Gasteiger partial charge in [0, 0.05) is 35.8 Å². The van der Waals surface area contributed by atoms with Crippen molar-refractivity contribution in [3.63, 3.8) is 0 Å². The molecule has 5 nitrogen and oxygen atoms in total. The van der Waals surface area contributed by atoms with Crippen molar-refractivity contribution in [2.45, 2.75) is 91.4 Å². The summed E-state index contributed by atoms with van der Waals surface area (Å²) >= 11 is 0. The molecule has 0 aliphatic rings. The Morgan fingerprint density at radius 1 is 0.622 bits per heavy atom. The maximum absolute atomic E-state index is 5.92. The third-order valence-corrected chi connectivity index (χ3v) is 6.89. The van der Waals surface area contributed by atoms with E-state index >= 15 is 0 Å². The Hall–Kier alpha value is -2.95. The van der Waals surface area contributed by atoms with Crippen molar-refractivity contribution in [3.8, 4) is 34.1 Å². The van der Waals surface area contributed by atoms with Gasteiger partial charge in [-0.25, -0.2) is 15.0 Å². The molecule has 2 heterocycles. The number of benzene rings is 1. The van der Waals surface area contributed by atoms with Gasteiger partial charge < -0.3 is 9.47 Å². The fraction of sp³-hybridized carbons (Fsp3) is 0.531. The van der Waals surface area contributed by atoms with Gasteiger partial charge in [-0.2, -0.15) is 0 Å². The van der Waals surface area contributed by atoms with Crippen LogP contribution in [0.3, 0.4) is 0 Å². The summed E-state index contributed by atoms with van der Waals surface area (Å²) in [5.41, 5.74) is 2.93. The summed E-state index contributed by atoms with van der Waals surface area (Å²) in [6.07, 6.45) is 19.2. The Labute approximate surface area is 224 Å². The fourth-order valence-electron chi connectivity index (χ4n) is 4.19. The molecule has 1 aromatic carbocycles. The summed E-state index contributed by atoms with van der Waals surface area (Å²) in [5, 5.41) is 0. The minimum absolute atomic E-state index is 0.655. The zero-order chi connectivity index (χ0) is 26.1. The highest BCUT2D eigenvalue weighted by atomic mass is 16.5. The highest BCUT2D eigenvalue weighted by molar-refractivity contribution is 5.64. The maximum Gasteiger partial charge on any atom is 0.213 e. The van der Waals surface area contributed by atoms with E-state index in [4.69, 9.17) is 9.47 Å². The molecule has 3 aromatic rings. The smallest absolute Gasteiger partial charge is 0.213 e. The summed E-state index contributed by atoms with van der Waals surface area (Å²) in [6.45, 7) is 8.32. The molecule has 0 N–H and O–H groups in total. The normalized spacial score (nSPS) is 11.9. The molecule has 0 fully saturated rings. The van der Waals surface area contributed by atoms with Crippen molar-refractivity contribution < 1.29 is 9.47 Å².